The monoisotopic (exact) mass is 408 g/mol. The highest BCUT2D eigenvalue weighted by atomic mass is 16.5. The highest BCUT2D eigenvalue weighted by molar-refractivity contribution is 5.95. The number of aromatic nitrogens is 2. The van der Waals surface area contributed by atoms with E-state index in [9.17, 15) is 9.59 Å². The predicted octanol–water partition coefficient (Wildman–Crippen LogP) is 4.20. The van der Waals surface area contributed by atoms with Crippen molar-refractivity contribution >= 4 is 28.6 Å². The number of ether oxygens (including phenoxy) is 1. The Labute approximate surface area is 177 Å². The Morgan fingerprint density at radius 2 is 1.87 bits per heavy atom. The first-order valence-electron chi connectivity index (χ1n) is 10.5. The van der Waals surface area contributed by atoms with Gasteiger partial charge >= 0.3 is 5.97 Å². The van der Waals surface area contributed by atoms with Crippen molar-refractivity contribution < 1.29 is 18.9 Å². The van der Waals surface area contributed by atoms with Crippen LogP contribution in [0.25, 0.3) is 11.0 Å². The standard InChI is InChI=1S/C24H29N3O3/c1-6-26-17(5)27(22-14-18(12-13-21(22)26)24(29)30-7-2)15-23(28)25-20-11-9-8-10-19(20)16(3)4/h8-14,16H,6-7,15H2,1-5H3/p+1. The van der Waals surface area contributed by atoms with Crippen LogP contribution in [-0.2, 0) is 22.6 Å². The number of anilines is 1. The highest BCUT2D eigenvalue weighted by Crippen LogP contribution is 2.24. The van der Waals surface area contributed by atoms with Crippen LogP contribution in [0.15, 0.2) is 42.5 Å². The van der Waals surface area contributed by atoms with Gasteiger partial charge in [-0.15, -0.1) is 0 Å². The summed E-state index contributed by atoms with van der Waals surface area (Å²) in [6, 6.07) is 13.4. The number of carbonyl (C=O) groups excluding carboxylic acids is 2. The molecule has 0 saturated heterocycles. The molecule has 0 radical (unpaired) electrons. The van der Waals surface area contributed by atoms with Crippen molar-refractivity contribution in [3.8, 4) is 0 Å². The van der Waals surface area contributed by atoms with E-state index < -0.39 is 0 Å². The van der Waals surface area contributed by atoms with Gasteiger partial charge in [0, 0.05) is 18.7 Å². The third-order valence-corrected chi connectivity index (χ3v) is 5.32. The summed E-state index contributed by atoms with van der Waals surface area (Å²) >= 11 is 0. The zero-order valence-corrected chi connectivity index (χ0v) is 18.4. The van der Waals surface area contributed by atoms with E-state index >= 15 is 0 Å². The van der Waals surface area contributed by atoms with Crippen LogP contribution in [0.5, 0.6) is 0 Å². The van der Waals surface area contributed by atoms with Crippen molar-refractivity contribution in [3.63, 3.8) is 0 Å². The molecular formula is C24H30N3O3+. The Bertz CT molecular complexity index is 1080. The molecule has 1 amide bonds. The van der Waals surface area contributed by atoms with Gasteiger partial charge in [0.1, 0.15) is 0 Å². The number of amides is 1. The molecule has 3 rings (SSSR count). The third kappa shape index (κ3) is 4.22. The number of fused-ring (bicyclic) bond motifs is 1. The fourth-order valence-electron chi connectivity index (χ4n) is 3.85. The summed E-state index contributed by atoms with van der Waals surface area (Å²) in [6.45, 7) is 11.3. The molecule has 30 heavy (non-hydrogen) atoms. The number of esters is 1. The van der Waals surface area contributed by atoms with Gasteiger partial charge in [-0.2, -0.15) is 0 Å². The predicted molar refractivity (Wildman–Crippen MR) is 118 cm³/mol. The first kappa shape index (κ1) is 21.6. The lowest BCUT2D eigenvalue weighted by Gasteiger charge is -2.13. The Hall–Kier alpha value is -3.15. The second-order valence-corrected chi connectivity index (χ2v) is 7.59. The van der Waals surface area contributed by atoms with Crippen molar-refractivity contribution in [3.05, 3.63) is 59.4 Å². The lowest BCUT2D eigenvalue weighted by atomic mass is 10.0. The summed E-state index contributed by atoms with van der Waals surface area (Å²) in [5, 5.41) is 3.06. The Kier molecular flexibility index (Phi) is 6.55. The second kappa shape index (κ2) is 9.11. The number of hydrogen-bond donors (Lipinski definition) is 1. The van der Waals surface area contributed by atoms with Gasteiger partial charge in [0.15, 0.2) is 17.6 Å². The first-order valence-corrected chi connectivity index (χ1v) is 10.5. The van der Waals surface area contributed by atoms with Crippen LogP contribution >= 0.6 is 0 Å². The van der Waals surface area contributed by atoms with E-state index in [1.54, 1.807) is 13.0 Å². The van der Waals surface area contributed by atoms with E-state index in [1.165, 1.54) is 0 Å². The van der Waals surface area contributed by atoms with Gasteiger partial charge in [-0.3, -0.25) is 4.79 Å². The van der Waals surface area contributed by atoms with Gasteiger partial charge in [-0.1, -0.05) is 32.0 Å². The smallest absolute Gasteiger partial charge is 0.338 e. The van der Waals surface area contributed by atoms with Crippen molar-refractivity contribution in [1.82, 2.24) is 4.57 Å². The average Bonchev–Trinajstić information content (AvgIpc) is 2.98. The van der Waals surface area contributed by atoms with E-state index in [1.807, 2.05) is 47.9 Å². The maximum absolute atomic E-state index is 12.9. The molecule has 0 aliphatic carbocycles. The molecular weight excluding hydrogens is 378 g/mol. The third-order valence-electron chi connectivity index (χ3n) is 5.32. The van der Waals surface area contributed by atoms with Gasteiger partial charge in [0.05, 0.1) is 18.7 Å². The summed E-state index contributed by atoms with van der Waals surface area (Å²) in [7, 11) is 0. The topological polar surface area (TPSA) is 64.2 Å². The molecule has 1 aromatic heterocycles. The molecule has 6 nitrogen and oxygen atoms in total. The molecule has 6 heteroatoms. The Morgan fingerprint density at radius 3 is 2.53 bits per heavy atom. The van der Waals surface area contributed by atoms with Crippen molar-refractivity contribution in [2.75, 3.05) is 11.9 Å². The number of rotatable bonds is 7. The number of hydrogen-bond acceptors (Lipinski definition) is 3. The summed E-state index contributed by atoms with van der Waals surface area (Å²) in [4.78, 5) is 25.1. The minimum absolute atomic E-state index is 0.104. The van der Waals surface area contributed by atoms with Crippen LogP contribution in [0.3, 0.4) is 0 Å². The quantitative estimate of drug-likeness (QED) is 0.471. The molecule has 0 aliphatic rings. The Balaban J connectivity index is 1.96. The SMILES string of the molecule is CCOC(=O)c1ccc2c(c1)n(CC(=O)Nc1ccccc1C(C)C)c(C)[n+]2CC. The van der Waals surface area contributed by atoms with Crippen LogP contribution in [0.2, 0.25) is 0 Å². The molecule has 0 atom stereocenters. The van der Waals surface area contributed by atoms with E-state index in [0.29, 0.717) is 18.1 Å². The molecule has 3 aromatic rings. The van der Waals surface area contributed by atoms with Gasteiger partial charge in [0.2, 0.25) is 0 Å². The van der Waals surface area contributed by atoms with Crippen LogP contribution in [0.1, 0.15) is 55.4 Å². The van der Waals surface area contributed by atoms with E-state index in [4.69, 9.17) is 4.74 Å². The van der Waals surface area contributed by atoms with Crippen LogP contribution in [-0.4, -0.2) is 23.1 Å². The van der Waals surface area contributed by atoms with E-state index in [-0.39, 0.29) is 18.4 Å². The first-order chi connectivity index (χ1) is 14.4. The summed E-state index contributed by atoms with van der Waals surface area (Å²) in [5.41, 5.74) is 4.25. The zero-order chi connectivity index (χ0) is 21.8. The average molecular weight is 409 g/mol. The van der Waals surface area contributed by atoms with E-state index in [2.05, 4.69) is 30.7 Å². The largest absolute Gasteiger partial charge is 0.462 e. The number of benzene rings is 2. The fraction of sp³-hybridized carbons (Fsp3) is 0.375. The summed E-state index contributed by atoms with van der Waals surface area (Å²) < 4.78 is 9.23. The van der Waals surface area contributed by atoms with Crippen molar-refractivity contribution in [2.45, 2.75) is 53.6 Å². The maximum atomic E-state index is 12.9. The number of carbonyl (C=O) groups is 2. The van der Waals surface area contributed by atoms with Crippen LogP contribution < -0.4 is 9.88 Å². The number of nitrogens with zero attached hydrogens (tertiary/aromatic N) is 2. The molecule has 1 N–H and O–H groups in total. The molecule has 0 saturated carbocycles. The van der Waals surface area contributed by atoms with Gasteiger partial charge < -0.3 is 10.1 Å². The minimum Gasteiger partial charge on any atom is -0.462 e. The molecule has 0 aliphatic heterocycles. The van der Waals surface area contributed by atoms with Gasteiger partial charge in [-0.05, 0) is 43.5 Å². The highest BCUT2D eigenvalue weighted by Gasteiger charge is 2.24. The minimum atomic E-state index is -0.358. The molecule has 0 bridgehead atoms. The fourth-order valence-corrected chi connectivity index (χ4v) is 3.85. The maximum Gasteiger partial charge on any atom is 0.338 e. The molecule has 0 fully saturated rings. The van der Waals surface area contributed by atoms with Crippen LogP contribution in [0, 0.1) is 6.92 Å². The van der Waals surface area contributed by atoms with Gasteiger partial charge in [-0.25, -0.2) is 13.9 Å². The Morgan fingerprint density at radius 1 is 1.13 bits per heavy atom. The number of para-hydroxylation sites is 1. The number of aryl methyl sites for hydroxylation is 1. The zero-order valence-electron chi connectivity index (χ0n) is 18.4. The number of imidazole rings is 1. The van der Waals surface area contributed by atoms with E-state index in [0.717, 1.165) is 34.7 Å². The second-order valence-electron chi connectivity index (χ2n) is 7.59. The lowest BCUT2D eigenvalue weighted by Crippen LogP contribution is -2.35. The van der Waals surface area contributed by atoms with Crippen molar-refractivity contribution in [1.29, 1.82) is 0 Å². The van der Waals surface area contributed by atoms with Gasteiger partial charge in [0.25, 0.3) is 11.7 Å². The molecule has 158 valence electrons. The van der Waals surface area contributed by atoms with Crippen molar-refractivity contribution in [2.24, 2.45) is 0 Å². The lowest BCUT2D eigenvalue weighted by molar-refractivity contribution is -0.674. The summed E-state index contributed by atoms with van der Waals surface area (Å²) in [5.74, 6) is 0.807. The molecule has 2 aromatic carbocycles. The van der Waals surface area contributed by atoms with Crippen LogP contribution in [0.4, 0.5) is 5.69 Å². The number of nitrogens with one attached hydrogen (secondary N) is 1. The molecule has 0 unspecified atom stereocenters. The molecule has 1 heterocycles. The summed E-state index contributed by atoms with van der Waals surface area (Å²) in [6.07, 6.45) is 0. The molecule has 0 spiro atoms. The normalized spacial score (nSPS) is 11.1.